The van der Waals surface area contributed by atoms with Gasteiger partial charge in [0.1, 0.15) is 9.71 Å². The number of amides is 1. The van der Waals surface area contributed by atoms with Gasteiger partial charge in [-0.15, -0.1) is 16.4 Å². The molecule has 2 aromatic heterocycles. The van der Waals surface area contributed by atoms with Crippen molar-refractivity contribution in [3.05, 3.63) is 17.1 Å². The van der Waals surface area contributed by atoms with Crippen molar-refractivity contribution >= 4 is 33.1 Å². The highest BCUT2D eigenvalue weighted by Crippen LogP contribution is 2.32. The van der Waals surface area contributed by atoms with Crippen LogP contribution in [0.25, 0.3) is 10.2 Å². The smallest absolute Gasteiger partial charge is 0.266 e. The number of nitrogens with two attached hydrogens (primary N) is 1. The van der Waals surface area contributed by atoms with E-state index < -0.39 is 0 Å². The van der Waals surface area contributed by atoms with E-state index in [0.29, 0.717) is 27.9 Å². The summed E-state index contributed by atoms with van der Waals surface area (Å²) >= 11 is 1.31. The van der Waals surface area contributed by atoms with E-state index in [-0.39, 0.29) is 5.91 Å². The third-order valence-corrected chi connectivity index (χ3v) is 3.96. The fraction of sp³-hybridized carbons (Fsp3) is 0.462. The van der Waals surface area contributed by atoms with E-state index in [9.17, 15) is 4.79 Å². The van der Waals surface area contributed by atoms with Crippen LogP contribution in [0.4, 0.5) is 5.69 Å². The van der Waals surface area contributed by atoms with E-state index in [4.69, 9.17) is 5.73 Å². The lowest BCUT2D eigenvalue weighted by molar-refractivity contribution is 0.0751. The maximum Gasteiger partial charge on any atom is 0.266 e. The zero-order chi connectivity index (χ0) is 14.0. The van der Waals surface area contributed by atoms with Crippen LogP contribution in [0.3, 0.4) is 0 Å². The first-order chi connectivity index (χ1) is 9.04. The molecular formula is C13H18N4OS. The molecule has 102 valence electrons. The fourth-order valence-electron chi connectivity index (χ4n) is 1.97. The number of carbonyl (C=O) groups is 1. The standard InChI is InChI=1S/C13H18N4OS/c1-4-17(7-8(2)3)13(18)11-10(14)9-5-6-15-16-12(9)19-11/h5-6,8H,4,7,14H2,1-3H3. The second kappa shape index (κ2) is 5.52. The molecule has 0 aliphatic carbocycles. The van der Waals surface area contributed by atoms with Gasteiger partial charge in [-0.2, -0.15) is 5.10 Å². The van der Waals surface area contributed by atoms with E-state index in [1.807, 2.05) is 11.8 Å². The minimum atomic E-state index is -0.0169. The van der Waals surface area contributed by atoms with Crippen molar-refractivity contribution in [3.63, 3.8) is 0 Å². The van der Waals surface area contributed by atoms with Crippen LogP contribution in [0.15, 0.2) is 12.3 Å². The summed E-state index contributed by atoms with van der Waals surface area (Å²) in [5.41, 5.74) is 6.57. The van der Waals surface area contributed by atoms with Crippen molar-refractivity contribution in [2.75, 3.05) is 18.8 Å². The average Bonchev–Trinajstić information content (AvgIpc) is 2.73. The Bertz CT molecular complexity index is 593. The summed E-state index contributed by atoms with van der Waals surface area (Å²) < 4.78 is 0. The summed E-state index contributed by atoms with van der Waals surface area (Å²) in [6.07, 6.45) is 1.59. The molecule has 0 fully saturated rings. The number of hydrogen-bond acceptors (Lipinski definition) is 5. The summed E-state index contributed by atoms with van der Waals surface area (Å²) in [6, 6.07) is 1.80. The minimum absolute atomic E-state index is 0.0169. The third-order valence-electron chi connectivity index (χ3n) is 2.87. The first-order valence-electron chi connectivity index (χ1n) is 6.33. The van der Waals surface area contributed by atoms with Crippen LogP contribution < -0.4 is 5.73 Å². The number of fused-ring (bicyclic) bond motifs is 1. The molecule has 0 radical (unpaired) electrons. The van der Waals surface area contributed by atoms with Crippen molar-refractivity contribution in [3.8, 4) is 0 Å². The molecular weight excluding hydrogens is 260 g/mol. The first kappa shape index (κ1) is 13.7. The zero-order valence-electron chi connectivity index (χ0n) is 11.4. The molecule has 6 heteroatoms. The number of aromatic nitrogens is 2. The summed E-state index contributed by atoms with van der Waals surface area (Å²) in [5, 5.41) is 8.64. The number of hydrogen-bond donors (Lipinski definition) is 1. The SMILES string of the molecule is CCN(CC(C)C)C(=O)c1sc2nnccc2c1N. The predicted molar refractivity (Wildman–Crippen MR) is 78.2 cm³/mol. The van der Waals surface area contributed by atoms with Crippen molar-refractivity contribution in [2.24, 2.45) is 5.92 Å². The molecule has 0 spiro atoms. The molecule has 2 rings (SSSR count). The second-order valence-corrected chi connectivity index (χ2v) is 5.83. The van der Waals surface area contributed by atoms with E-state index in [1.54, 1.807) is 12.3 Å². The lowest BCUT2D eigenvalue weighted by Gasteiger charge is -2.22. The summed E-state index contributed by atoms with van der Waals surface area (Å²) in [7, 11) is 0. The average molecular weight is 278 g/mol. The normalized spacial score (nSPS) is 11.2. The molecule has 5 nitrogen and oxygen atoms in total. The van der Waals surface area contributed by atoms with Crippen LogP contribution in [0.1, 0.15) is 30.4 Å². The number of anilines is 1. The molecule has 2 N–H and O–H groups in total. The molecule has 2 heterocycles. The van der Waals surface area contributed by atoms with Gasteiger partial charge in [-0.1, -0.05) is 13.8 Å². The van der Waals surface area contributed by atoms with Crippen LogP contribution in [0, 0.1) is 5.92 Å². The van der Waals surface area contributed by atoms with Gasteiger partial charge in [0, 0.05) is 18.5 Å². The molecule has 2 aromatic rings. The minimum Gasteiger partial charge on any atom is -0.397 e. The highest BCUT2D eigenvalue weighted by molar-refractivity contribution is 7.21. The summed E-state index contributed by atoms with van der Waals surface area (Å²) in [6.45, 7) is 7.57. The van der Waals surface area contributed by atoms with Crippen molar-refractivity contribution in [1.82, 2.24) is 15.1 Å². The number of nitrogens with zero attached hydrogens (tertiary/aromatic N) is 3. The van der Waals surface area contributed by atoms with E-state index in [1.165, 1.54) is 11.3 Å². The van der Waals surface area contributed by atoms with Crippen LogP contribution >= 0.6 is 11.3 Å². The molecule has 0 aliphatic rings. The number of nitrogen functional groups attached to an aromatic ring is 1. The Morgan fingerprint density at radius 2 is 2.26 bits per heavy atom. The van der Waals surface area contributed by atoms with Gasteiger partial charge in [-0.3, -0.25) is 4.79 Å². The Kier molecular flexibility index (Phi) is 3.99. The van der Waals surface area contributed by atoms with Gasteiger partial charge in [0.05, 0.1) is 11.9 Å². The van der Waals surface area contributed by atoms with Crippen LogP contribution in [-0.4, -0.2) is 34.1 Å². The third kappa shape index (κ3) is 2.68. The van der Waals surface area contributed by atoms with Crippen LogP contribution in [-0.2, 0) is 0 Å². The monoisotopic (exact) mass is 278 g/mol. The van der Waals surface area contributed by atoms with Crippen LogP contribution in [0.5, 0.6) is 0 Å². The van der Waals surface area contributed by atoms with Crippen molar-refractivity contribution < 1.29 is 4.79 Å². The number of thiophene rings is 1. The molecule has 0 aromatic carbocycles. The highest BCUT2D eigenvalue weighted by atomic mass is 32.1. The van der Waals surface area contributed by atoms with Gasteiger partial charge in [0.2, 0.25) is 0 Å². The van der Waals surface area contributed by atoms with Crippen molar-refractivity contribution in [1.29, 1.82) is 0 Å². The molecule has 0 unspecified atom stereocenters. The first-order valence-corrected chi connectivity index (χ1v) is 7.15. The van der Waals surface area contributed by atoms with Gasteiger partial charge < -0.3 is 10.6 Å². The quantitative estimate of drug-likeness (QED) is 0.932. The number of carbonyl (C=O) groups excluding carboxylic acids is 1. The summed E-state index contributed by atoms with van der Waals surface area (Å²) in [5.74, 6) is 0.413. The highest BCUT2D eigenvalue weighted by Gasteiger charge is 2.22. The maximum absolute atomic E-state index is 12.5. The van der Waals surface area contributed by atoms with E-state index >= 15 is 0 Å². The topological polar surface area (TPSA) is 72.1 Å². The number of rotatable bonds is 4. The van der Waals surface area contributed by atoms with Gasteiger partial charge >= 0.3 is 0 Å². The zero-order valence-corrected chi connectivity index (χ0v) is 12.2. The van der Waals surface area contributed by atoms with Crippen LogP contribution in [0.2, 0.25) is 0 Å². The second-order valence-electron chi connectivity index (χ2n) is 4.83. The van der Waals surface area contributed by atoms with Gasteiger partial charge in [0.15, 0.2) is 0 Å². The molecule has 0 saturated carbocycles. The Morgan fingerprint density at radius 1 is 1.53 bits per heavy atom. The summed E-state index contributed by atoms with van der Waals surface area (Å²) in [4.78, 5) is 15.6. The molecule has 0 saturated heterocycles. The largest absolute Gasteiger partial charge is 0.397 e. The predicted octanol–water partition coefficient (Wildman–Crippen LogP) is 2.39. The maximum atomic E-state index is 12.5. The van der Waals surface area contributed by atoms with Crippen molar-refractivity contribution in [2.45, 2.75) is 20.8 Å². The fourth-order valence-corrected chi connectivity index (χ4v) is 2.98. The Hall–Kier alpha value is -1.69. The molecule has 0 atom stereocenters. The Morgan fingerprint density at radius 3 is 2.84 bits per heavy atom. The van der Waals surface area contributed by atoms with E-state index in [0.717, 1.165) is 11.9 Å². The van der Waals surface area contributed by atoms with Gasteiger partial charge in [0.25, 0.3) is 5.91 Å². The van der Waals surface area contributed by atoms with Gasteiger partial charge in [-0.25, -0.2) is 0 Å². The molecule has 1 amide bonds. The lowest BCUT2D eigenvalue weighted by Crippen LogP contribution is -2.33. The van der Waals surface area contributed by atoms with Gasteiger partial charge in [-0.05, 0) is 18.9 Å². The Labute approximate surface area is 116 Å². The lowest BCUT2D eigenvalue weighted by atomic mass is 10.2. The molecule has 0 aliphatic heterocycles. The molecule has 0 bridgehead atoms. The molecule has 19 heavy (non-hydrogen) atoms. The Balaban J connectivity index is 2.37. The van der Waals surface area contributed by atoms with E-state index in [2.05, 4.69) is 24.0 Å².